The van der Waals surface area contributed by atoms with Gasteiger partial charge in [-0.05, 0) is 12.1 Å². The van der Waals surface area contributed by atoms with E-state index < -0.39 is 0 Å². The number of carbonyl (C=O) groups excluding carboxylic acids is 2. The van der Waals surface area contributed by atoms with Crippen LogP contribution in [0.25, 0.3) is 0 Å². The molecule has 9 heteroatoms. The van der Waals surface area contributed by atoms with Crippen molar-refractivity contribution in [2.75, 3.05) is 51.0 Å². The summed E-state index contributed by atoms with van der Waals surface area (Å²) in [4.78, 5) is 26.2. The van der Waals surface area contributed by atoms with Gasteiger partial charge in [-0.15, -0.1) is 0 Å². The lowest BCUT2D eigenvalue weighted by Crippen LogP contribution is -2.53. The van der Waals surface area contributed by atoms with Crippen LogP contribution in [-0.2, 0) is 9.53 Å². The van der Waals surface area contributed by atoms with E-state index in [4.69, 9.17) is 14.2 Å². The highest BCUT2D eigenvalue weighted by molar-refractivity contribution is 5.97. The lowest BCUT2D eigenvalue weighted by atomic mass is 10.2. The summed E-state index contributed by atoms with van der Waals surface area (Å²) in [5.74, 6) is 1.30. The first kappa shape index (κ1) is 16.9. The molecule has 0 saturated carbocycles. The van der Waals surface area contributed by atoms with Crippen LogP contribution < -0.4 is 25.1 Å². The van der Waals surface area contributed by atoms with E-state index >= 15 is 0 Å². The zero-order valence-corrected chi connectivity index (χ0v) is 14.4. The van der Waals surface area contributed by atoms with Gasteiger partial charge in [-0.1, -0.05) is 0 Å². The molecule has 2 fully saturated rings. The first-order chi connectivity index (χ1) is 12.7. The van der Waals surface area contributed by atoms with Crippen molar-refractivity contribution in [2.45, 2.75) is 12.5 Å². The third kappa shape index (κ3) is 3.68. The highest BCUT2D eigenvalue weighted by Gasteiger charge is 2.32. The molecule has 3 aliphatic heterocycles. The number of hydrazine groups is 1. The molecule has 0 aliphatic carbocycles. The second kappa shape index (κ2) is 7.38. The van der Waals surface area contributed by atoms with Gasteiger partial charge in [0.1, 0.15) is 13.2 Å². The second-order valence-electron chi connectivity index (χ2n) is 6.42. The molecule has 2 saturated heterocycles. The van der Waals surface area contributed by atoms with Crippen LogP contribution in [0.5, 0.6) is 11.5 Å². The fourth-order valence-electron chi connectivity index (χ4n) is 3.29. The number of carbonyl (C=O) groups is 2. The van der Waals surface area contributed by atoms with Gasteiger partial charge in [0.05, 0.1) is 19.3 Å². The number of rotatable bonds is 3. The van der Waals surface area contributed by atoms with Gasteiger partial charge in [-0.25, -0.2) is 9.80 Å². The van der Waals surface area contributed by atoms with Crippen molar-refractivity contribution in [3.63, 3.8) is 0 Å². The summed E-state index contributed by atoms with van der Waals surface area (Å²) in [7, 11) is 0. The highest BCUT2D eigenvalue weighted by Crippen LogP contribution is 2.35. The van der Waals surface area contributed by atoms with Crippen LogP contribution in [-0.4, -0.2) is 69.1 Å². The maximum absolute atomic E-state index is 12.4. The van der Waals surface area contributed by atoms with Crippen LogP contribution >= 0.6 is 0 Å². The standard InChI is InChI=1S/C17H22N4O5/c22-16-9-12(18-17(23)19-20-3-5-24-6-4-20)11-21(16)13-1-2-14-15(10-13)26-8-7-25-14/h1-2,10,12H,3-9,11H2,(H2,18,19,23). The zero-order chi connectivity index (χ0) is 17.9. The first-order valence-corrected chi connectivity index (χ1v) is 8.79. The molecule has 140 valence electrons. The molecule has 2 N–H and O–H groups in total. The number of ether oxygens (including phenoxy) is 3. The molecule has 0 aromatic heterocycles. The van der Waals surface area contributed by atoms with E-state index in [9.17, 15) is 9.59 Å². The molecule has 9 nitrogen and oxygen atoms in total. The van der Waals surface area contributed by atoms with E-state index in [0.29, 0.717) is 57.6 Å². The van der Waals surface area contributed by atoms with Crippen LogP contribution in [0.4, 0.5) is 10.5 Å². The summed E-state index contributed by atoms with van der Waals surface area (Å²) in [5.41, 5.74) is 3.54. The number of nitrogens with zero attached hydrogens (tertiary/aromatic N) is 2. The summed E-state index contributed by atoms with van der Waals surface area (Å²) in [6.07, 6.45) is 0.269. The van der Waals surface area contributed by atoms with Gasteiger partial charge in [0.2, 0.25) is 5.91 Å². The maximum atomic E-state index is 12.4. The van der Waals surface area contributed by atoms with E-state index in [1.165, 1.54) is 0 Å². The van der Waals surface area contributed by atoms with Gasteiger partial charge >= 0.3 is 6.03 Å². The Hall–Kier alpha value is -2.52. The zero-order valence-electron chi connectivity index (χ0n) is 14.4. The molecule has 0 bridgehead atoms. The average Bonchev–Trinajstić information content (AvgIpc) is 3.02. The minimum Gasteiger partial charge on any atom is -0.486 e. The van der Waals surface area contributed by atoms with Gasteiger partial charge in [-0.3, -0.25) is 10.2 Å². The predicted molar refractivity (Wildman–Crippen MR) is 92.2 cm³/mol. The molecule has 3 amide bonds. The Balaban J connectivity index is 1.35. The van der Waals surface area contributed by atoms with Crippen molar-refractivity contribution in [1.82, 2.24) is 15.8 Å². The number of hydrogen-bond acceptors (Lipinski definition) is 6. The van der Waals surface area contributed by atoms with Crippen molar-refractivity contribution < 1.29 is 23.8 Å². The number of fused-ring (bicyclic) bond motifs is 1. The fourth-order valence-corrected chi connectivity index (χ4v) is 3.29. The van der Waals surface area contributed by atoms with Crippen LogP contribution in [0.15, 0.2) is 18.2 Å². The Morgan fingerprint density at radius 2 is 1.85 bits per heavy atom. The Labute approximate surface area is 151 Å². The lowest BCUT2D eigenvalue weighted by molar-refractivity contribution is -0.117. The number of amides is 3. The van der Waals surface area contributed by atoms with Gasteiger partial charge in [-0.2, -0.15) is 0 Å². The van der Waals surface area contributed by atoms with Crippen molar-refractivity contribution in [3.8, 4) is 11.5 Å². The van der Waals surface area contributed by atoms with E-state index in [1.54, 1.807) is 4.90 Å². The van der Waals surface area contributed by atoms with Gasteiger partial charge in [0.25, 0.3) is 0 Å². The Bertz CT molecular complexity index is 692. The molecule has 1 aromatic rings. The number of anilines is 1. The van der Waals surface area contributed by atoms with Crippen LogP contribution in [0.1, 0.15) is 6.42 Å². The summed E-state index contributed by atoms with van der Waals surface area (Å²) < 4.78 is 16.3. The Kier molecular flexibility index (Phi) is 4.81. The summed E-state index contributed by atoms with van der Waals surface area (Å²) in [5, 5.41) is 4.68. The molecule has 4 rings (SSSR count). The third-order valence-electron chi connectivity index (χ3n) is 4.57. The molecule has 1 unspecified atom stereocenters. The molecule has 3 heterocycles. The number of hydrogen-bond donors (Lipinski definition) is 2. The van der Waals surface area contributed by atoms with Crippen molar-refractivity contribution in [2.24, 2.45) is 0 Å². The van der Waals surface area contributed by atoms with E-state index in [-0.39, 0.29) is 24.4 Å². The Morgan fingerprint density at radius 1 is 1.08 bits per heavy atom. The highest BCUT2D eigenvalue weighted by atomic mass is 16.6. The largest absolute Gasteiger partial charge is 0.486 e. The number of morpholine rings is 1. The van der Waals surface area contributed by atoms with Crippen LogP contribution in [0.2, 0.25) is 0 Å². The molecule has 0 spiro atoms. The quantitative estimate of drug-likeness (QED) is 0.793. The minimum absolute atomic E-state index is 0.0293. The van der Waals surface area contributed by atoms with Gasteiger partial charge < -0.3 is 24.4 Å². The van der Waals surface area contributed by atoms with Crippen molar-refractivity contribution >= 4 is 17.6 Å². The van der Waals surface area contributed by atoms with E-state index in [2.05, 4.69) is 10.7 Å². The van der Waals surface area contributed by atoms with Crippen LogP contribution in [0.3, 0.4) is 0 Å². The first-order valence-electron chi connectivity index (χ1n) is 8.79. The second-order valence-corrected chi connectivity index (χ2v) is 6.42. The summed E-state index contributed by atoms with van der Waals surface area (Å²) in [6, 6.07) is 4.91. The normalized spacial score (nSPS) is 23.0. The SMILES string of the molecule is O=C(NC1CC(=O)N(c2ccc3c(c2)OCCO3)C1)NN1CCOCC1. The van der Waals surface area contributed by atoms with Gasteiger partial charge in [0, 0.05) is 37.8 Å². The average molecular weight is 362 g/mol. The predicted octanol–water partition coefficient (Wildman–Crippen LogP) is 0.110. The molecule has 0 radical (unpaired) electrons. The molecular weight excluding hydrogens is 340 g/mol. The maximum Gasteiger partial charge on any atom is 0.329 e. The monoisotopic (exact) mass is 362 g/mol. The molecular formula is C17H22N4O5. The molecule has 1 atom stereocenters. The van der Waals surface area contributed by atoms with Gasteiger partial charge in [0.15, 0.2) is 11.5 Å². The molecule has 26 heavy (non-hydrogen) atoms. The molecule has 1 aromatic carbocycles. The minimum atomic E-state index is -0.297. The summed E-state index contributed by atoms with van der Waals surface area (Å²) in [6.45, 7) is 3.95. The fraction of sp³-hybridized carbons (Fsp3) is 0.529. The Morgan fingerprint density at radius 3 is 2.65 bits per heavy atom. The third-order valence-corrected chi connectivity index (χ3v) is 4.57. The number of nitrogens with one attached hydrogen (secondary N) is 2. The topological polar surface area (TPSA) is 92.4 Å². The van der Waals surface area contributed by atoms with E-state index in [1.807, 2.05) is 23.2 Å². The number of urea groups is 1. The summed E-state index contributed by atoms with van der Waals surface area (Å²) >= 11 is 0. The van der Waals surface area contributed by atoms with Crippen LogP contribution in [0, 0.1) is 0 Å². The number of benzene rings is 1. The molecule has 3 aliphatic rings. The van der Waals surface area contributed by atoms with E-state index in [0.717, 1.165) is 5.69 Å². The van der Waals surface area contributed by atoms with Crippen molar-refractivity contribution in [3.05, 3.63) is 18.2 Å². The lowest BCUT2D eigenvalue weighted by Gasteiger charge is -2.27. The van der Waals surface area contributed by atoms with Crippen molar-refractivity contribution in [1.29, 1.82) is 0 Å². The smallest absolute Gasteiger partial charge is 0.329 e.